The van der Waals surface area contributed by atoms with E-state index in [1.807, 2.05) is 43.3 Å². The summed E-state index contributed by atoms with van der Waals surface area (Å²) in [6.07, 6.45) is 1.98. The number of imide groups is 1. The molecule has 234 valence electrons. The minimum absolute atomic E-state index is 0.0608. The van der Waals surface area contributed by atoms with Crippen molar-refractivity contribution in [3.8, 4) is 11.5 Å². The van der Waals surface area contributed by atoms with E-state index in [0.29, 0.717) is 17.9 Å². The molecular weight excluding hydrogens is 572 g/mol. The van der Waals surface area contributed by atoms with Crippen molar-refractivity contribution in [3.63, 3.8) is 0 Å². The van der Waals surface area contributed by atoms with Crippen LogP contribution in [-0.4, -0.2) is 28.7 Å². The first-order chi connectivity index (χ1) is 22.2. The van der Waals surface area contributed by atoms with E-state index in [4.69, 9.17) is 4.74 Å². The molecular formula is C40H40N2O4. The average Bonchev–Trinajstić information content (AvgIpc) is 3.32. The summed E-state index contributed by atoms with van der Waals surface area (Å²) in [5, 5.41) is 3.00. The van der Waals surface area contributed by atoms with Crippen molar-refractivity contribution in [2.45, 2.75) is 70.3 Å². The zero-order valence-electron chi connectivity index (χ0n) is 26.8. The Balaban J connectivity index is 1.12. The number of nitrogens with zero attached hydrogens (tertiary/aromatic N) is 1. The Bertz CT molecular complexity index is 1690. The fourth-order valence-electron chi connectivity index (χ4n) is 7.77. The molecule has 46 heavy (non-hydrogen) atoms. The van der Waals surface area contributed by atoms with Crippen LogP contribution in [0.1, 0.15) is 86.6 Å². The molecule has 0 saturated carbocycles. The molecule has 3 amide bonds. The maximum Gasteiger partial charge on any atom is 0.247 e. The highest BCUT2D eigenvalue weighted by Gasteiger charge is 2.62. The molecule has 0 spiro atoms. The number of hydrogen-bond donors (Lipinski definition) is 1. The number of anilines is 1. The number of likely N-dealkylation sites (tertiary alicyclic amines) is 1. The van der Waals surface area contributed by atoms with Gasteiger partial charge in [0, 0.05) is 17.5 Å². The van der Waals surface area contributed by atoms with Gasteiger partial charge in [-0.25, -0.2) is 0 Å². The van der Waals surface area contributed by atoms with E-state index >= 15 is 0 Å². The molecule has 8 rings (SSSR count). The van der Waals surface area contributed by atoms with Crippen LogP contribution in [0.15, 0.2) is 97.1 Å². The van der Waals surface area contributed by atoms with E-state index in [9.17, 15) is 14.4 Å². The molecule has 0 aromatic heterocycles. The van der Waals surface area contributed by atoms with Gasteiger partial charge < -0.3 is 10.1 Å². The molecule has 2 bridgehead atoms. The number of amides is 3. The molecule has 3 aliphatic carbocycles. The average molecular weight is 613 g/mol. The zero-order chi connectivity index (χ0) is 32.2. The monoisotopic (exact) mass is 612 g/mol. The lowest BCUT2D eigenvalue weighted by Crippen LogP contribution is -2.48. The predicted molar refractivity (Wildman–Crippen MR) is 179 cm³/mol. The van der Waals surface area contributed by atoms with Gasteiger partial charge in [-0.3, -0.25) is 19.3 Å². The Morgan fingerprint density at radius 1 is 0.739 bits per heavy atom. The van der Waals surface area contributed by atoms with Crippen LogP contribution in [0.4, 0.5) is 5.69 Å². The van der Waals surface area contributed by atoms with Crippen molar-refractivity contribution < 1.29 is 19.1 Å². The van der Waals surface area contributed by atoms with Gasteiger partial charge in [-0.2, -0.15) is 0 Å². The molecule has 6 nitrogen and oxygen atoms in total. The lowest BCUT2D eigenvalue weighted by molar-refractivity contribution is -0.147. The first kappa shape index (κ1) is 30.0. The van der Waals surface area contributed by atoms with Crippen molar-refractivity contribution in [3.05, 3.63) is 125 Å². The molecule has 1 heterocycles. The smallest absolute Gasteiger partial charge is 0.247 e. The van der Waals surface area contributed by atoms with E-state index in [1.165, 1.54) is 10.5 Å². The second-order valence-electron chi connectivity index (χ2n) is 13.9. The molecule has 1 fully saturated rings. The van der Waals surface area contributed by atoms with Crippen LogP contribution in [0.3, 0.4) is 0 Å². The molecule has 0 radical (unpaired) electrons. The quantitative estimate of drug-likeness (QED) is 0.204. The van der Waals surface area contributed by atoms with Crippen LogP contribution in [0.5, 0.6) is 11.5 Å². The van der Waals surface area contributed by atoms with E-state index in [0.717, 1.165) is 40.8 Å². The van der Waals surface area contributed by atoms with Crippen molar-refractivity contribution in [1.29, 1.82) is 0 Å². The van der Waals surface area contributed by atoms with Crippen LogP contribution in [0.25, 0.3) is 0 Å². The van der Waals surface area contributed by atoms with Crippen LogP contribution in [0.2, 0.25) is 0 Å². The van der Waals surface area contributed by atoms with Gasteiger partial charge in [-0.05, 0) is 76.1 Å². The first-order valence-corrected chi connectivity index (χ1v) is 16.4. The third-order valence-corrected chi connectivity index (χ3v) is 10.0. The number of rotatable bonds is 8. The third-order valence-electron chi connectivity index (χ3n) is 10.0. The minimum atomic E-state index is -0.881. The lowest BCUT2D eigenvalue weighted by Gasteiger charge is -2.45. The van der Waals surface area contributed by atoms with Gasteiger partial charge in [0.2, 0.25) is 17.7 Å². The molecule has 1 saturated heterocycles. The van der Waals surface area contributed by atoms with Crippen molar-refractivity contribution >= 4 is 23.4 Å². The zero-order valence-corrected chi connectivity index (χ0v) is 26.8. The molecule has 3 atom stereocenters. The highest BCUT2D eigenvalue weighted by atomic mass is 16.5. The Hall–Kier alpha value is -4.71. The second-order valence-corrected chi connectivity index (χ2v) is 13.9. The lowest BCUT2D eigenvalue weighted by atomic mass is 9.55. The summed E-state index contributed by atoms with van der Waals surface area (Å²) in [6.45, 7) is 8.57. The van der Waals surface area contributed by atoms with Crippen LogP contribution >= 0.6 is 0 Å². The summed E-state index contributed by atoms with van der Waals surface area (Å²) in [5.41, 5.74) is 6.36. The fourth-order valence-corrected chi connectivity index (χ4v) is 7.77. The van der Waals surface area contributed by atoms with Crippen molar-refractivity contribution in [2.75, 3.05) is 5.32 Å². The van der Waals surface area contributed by atoms with Gasteiger partial charge in [0.25, 0.3) is 0 Å². The fraction of sp³-hybridized carbons (Fsp3) is 0.325. The summed E-state index contributed by atoms with van der Waals surface area (Å²) >= 11 is 0. The van der Waals surface area contributed by atoms with Gasteiger partial charge in [0.1, 0.15) is 17.5 Å². The number of carbonyl (C=O) groups is 3. The van der Waals surface area contributed by atoms with Crippen LogP contribution < -0.4 is 10.1 Å². The van der Waals surface area contributed by atoms with E-state index in [2.05, 4.69) is 62.5 Å². The number of nitrogens with one attached hydrogen (secondary N) is 1. The summed E-state index contributed by atoms with van der Waals surface area (Å²) in [7, 11) is 0. The highest BCUT2D eigenvalue weighted by molar-refractivity contribution is 6.11. The number of benzene rings is 4. The molecule has 1 N–H and O–H groups in total. The van der Waals surface area contributed by atoms with Gasteiger partial charge >= 0.3 is 0 Å². The topological polar surface area (TPSA) is 75.7 Å². The minimum Gasteiger partial charge on any atom is -0.457 e. The Morgan fingerprint density at radius 3 is 1.63 bits per heavy atom. The van der Waals surface area contributed by atoms with Crippen LogP contribution in [-0.2, 0) is 19.8 Å². The normalized spacial score (nSPS) is 21.8. The standard InChI is InChI=1S/C40H40N2O4/c1-5-6-15-32(37(43)41-25-18-22-27(23-19-25)46-26-20-16-24(17-21-26)40(2,3)4)42-38(44)35-33-28-11-7-8-12-29(28)34(36(35)39(42)45)31-14-10-9-13-30(31)33/h7-14,16-23,32-36H,5-6,15H2,1-4H3,(H,41,43)/t32-,33?,34?,35-,36+/m1/s1. The molecule has 0 unspecified atom stereocenters. The van der Waals surface area contributed by atoms with E-state index in [1.54, 1.807) is 24.3 Å². The molecule has 4 aromatic rings. The largest absolute Gasteiger partial charge is 0.457 e. The van der Waals surface area contributed by atoms with Gasteiger partial charge in [0.15, 0.2) is 0 Å². The Kier molecular flexibility index (Phi) is 7.54. The summed E-state index contributed by atoms with van der Waals surface area (Å²) < 4.78 is 6.04. The van der Waals surface area contributed by atoms with Crippen molar-refractivity contribution in [2.24, 2.45) is 11.8 Å². The maximum absolute atomic E-state index is 14.3. The number of ether oxygens (including phenoxy) is 1. The van der Waals surface area contributed by atoms with Gasteiger partial charge in [-0.1, -0.05) is 101 Å². The third kappa shape index (κ3) is 5.00. The molecule has 4 aliphatic rings. The Morgan fingerprint density at radius 2 is 1.20 bits per heavy atom. The van der Waals surface area contributed by atoms with Crippen molar-refractivity contribution in [1.82, 2.24) is 4.90 Å². The summed E-state index contributed by atoms with van der Waals surface area (Å²) in [5.74, 6) is -0.837. The molecule has 1 aliphatic heterocycles. The number of hydrogen-bond acceptors (Lipinski definition) is 4. The number of carbonyl (C=O) groups excluding carboxylic acids is 3. The summed E-state index contributed by atoms with van der Waals surface area (Å²) in [4.78, 5) is 43.9. The van der Waals surface area contributed by atoms with E-state index < -0.39 is 17.9 Å². The predicted octanol–water partition coefficient (Wildman–Crippen LogP) is 8.17. The van der Waals surface area contributed by atoms with Crippen LogP contribution in [0, 0.1) is 11.8 Å². The van der Waals surface area contributed by atoms with E-state index in [-0.39, 0.29) is 35.0 Å². The second kappa shape index (κ2) is 11.6. The van der Waals surface area contributed by atoms with Gasteiger partial charge in [-0.15, -0.1) is 0 Å². The Labute approximate surface area is 270 Å². The number of unbranched alkanes of at least 4 members (excludes halogenated alkanes) is 1. The maximum atomic E-state index is 14.3. The SMILES string of the molecule is CCCC[C@H](C(=O)Nc1ccc(Oc2ccc(C(C)(C)C)cc2)cc1)N1C(=O)[C@@H]2C3c4ccccc4C(c4ccccc43)[C@@H]2C1=O. The van der Waals surface area contributed by atoms with Gasteiger partial charge in [0.05, 0.1) is 11.8 Å². The summed E-state index contributed by atoms with van der Waals surface area (Å²) in [6, 6.07) is 30.8. The first-order valence-electron chi connectivity index (χ1n) is 16.4. The highest BCUT2D eigenvalue weighted by Crippen LogP contribution is 2.61. The molecule has 6 heteroatoms. The molecule has 4 aromatic carbocycles.